The number of unbranched alkanes of at least 4 members (excludes halogenated alkanes) is 4. The highest BCUT2D eigenvalue weighted by Crippen LogP contribution is 2.10. The lowest BCUT2D eigenvalue weighted by Crippen LogP contribution is -2.43. The lowest BCUT2D eigenvalue weighted by atomic mass is 10.1. The first kappa shape index (κ1) is 29.9. The van der Waals surface area contributed by atoms with E-state index >= 15 is 0 Å². The fourth-order valence-electron chi connectivity index (χ4n) is 3.18. The first-order chi connectivity index (χ1) is 15.2. The van der Waals surface area contributed by atoms with Crippen molar-refractivity contribution in [3.63, 3.8) is 0 Å². The Labute approximate surface area is 196 Å². The Bertz CT molecular complexity index is 612. The van der Waals surface area contributed by atoms with Gasteiger partial charge in [0.15, 0.2) is 6.10 Å². The van der Waals surface area contributed by atoms with Crippen molar-refractivity contribution < 1.29 is 23.9 Å². The molecule has 0 heterocycles. The monoisotopic (exact) mass is 448 g/mol. The van der Waals surface area contributed by atoms with Crippen molar-refractivity contribution in [2.75, 3.05) is 27.7 Å². The van der Waals surface area contributed by atoms with Crippen molar-refractivity contribution in [2.24, 2.45) is 0 Å². The third-order valence-electron chi connectivity index (χ3n) is 4.67. The van der Waals surface area contributed by atoms with E-state index in [0.29, 0.717) is 17.4 Å². The van der Waals surface area contributed by atoms with Gasteiger partial charge in [0.1, 0.15) is 6.54 Å². The van der Waals surface area contributed by atoms with Gasteiger partial charge in [0.05, 0.1) is 27.6 Å². The minimum atomic E-state index is -0.938. The van der Waals surface area contributed by atoms with Crippen LogP contribution in [-0.4, -0.2) is 55.3 Å². The molecule has 182 valence electrons. The standard InChI is InChI=1S/C27H45NO4/c1-5-6-7-8-9-10-11-12-13-14-15-16-17-18-19-20-21-22-27(31)32-25(23-26(29)30)24-28(2,3)4/h6-7,9-10,12-13,15-16,25H,5,8,11,14,17-24H2,1-4H3/p+1/b7-6+,10-9+,13-12+,16-15+. The summed E-state index contributed by atoms with van der Waals surface area (Å²) in [6.07, 6.45) is 26.4. The van der Waals surface area contributed by atoms with Crippen molar-refractivity contribution >= 4 is 11.9 Å². The smallest absolute Gasteiger partial charge is 0.307 e. The highest BCUT2D eigenvalue weighted by molar-refractivity contribution is 5.71. The number of hydrogen-bond acceptors (Lipinski definition) is 3. The summed E-state index contributed by atoms with van der Waals surface area (Å²) < 4.78 is 5.96. The molecule has 0 aromatic heterocycles. The Kier molecular flexibility index (Phi) is 18.2. The molecule has 5 nitrogen and oxygen atoms in total. The molecule has 0 aromatic carbocycles. The van der Waals surface area contributed by atoms with Gasteiger partial charge in [-0.25, -0.2) is 0 Å². The number of likely N-dealkylation sites (N-methyl/N-ethyl adjacent to an activating group) is 1. The zero-order valence-electron chi connectivity index (χ0n) is 20.8. The number of hydrogen-bond donors (Lipinski definition) is 1. The molecule has 32 heavy (non-hydrogen) atoms. The summed E-state index contributed by atoms with van der Waals surface area (Å²) in [6, 6.07) is 0. The van der Waals surface area contributed by atoms with Gasteiger partial charge >= 0.3 is 11.9 Å². The second kappa shape index (κ2) is 19.5. The molecule has 5 heteroatoms. The summed E-state index contributed by atoms with van der Waals surface area (Å²) in [5.74, 6) is -1.23. The van der Waals surface area contributed by atoms with Crippen molar-refractivity contribution in [1.82, 2.24) is 0 Å². The van der Waals surface area contributed by atoms with Crippen LogP contribution in [-0.2, 0) is 14.3 Å². The van der Waals surface area contributed by atoms with E-state index in [-0.39, 0.29) is 12.4 Å². The Balaban J connectivity index is 3.76. The lowest BCUT2D eigenvalue weighted by Gasteiger charge is -2.28. The van der Waals surface area contributed by atoms with Crippen LogP contribution in [0.3, 0.4) is 0 Å². The van der Waals surface area contributed by atoms with E-state index in [2.05, 4.69) is 55.5 Å². The molecule has 0 saturated carbocycles. The molecule has 0 amide bonds. The number of carboxylic acid groups (broad SMARTS) is 1. The van der Waals surface area contributed by atoms with Crippen LogP contribution in [0.5, 0.6) is 0 Å². The fraction of sp³-hybridized carbons (Fsp3) is 0.630. The summed E-state index contributed by atoms with van der Waals surface area (Å²) in [6.45, 7) is 2.64. The molecule has 0 aliphatic heterocycles. The Morgan fingerprint density at radius 1 is 0.812 bits per heavy atom. The van der Waals surface area contributed by atoms with E-state index in [1.165, 1.54) is 0 Å². The van der Waals surface area contributed by atoms with E-state index in [1.54, 1.807) is 0 Å². The topological polar surface area (TPSA) is 63.6 Å². The van der Waals surface area contributed by atoms with Crippen LogP contribution < -0.4 is 0 Å². The predicted molar refractivity (Wildman–Crippen MR) is 133 cm³/mol. The van der Waals surface area contributed by atoms with Crippen LogP contribution in [0.4, 0.5) is 0 Å². The maximum Gasteiger partial charge on any atom is 0.307 e. The van der Waals surface area contributed by atoms with Crippen LogP contribution in [0.15, 0.2) is 48.6 Å². The summed E-state index contributed by atoms with van der Waals surface area (Å²) >= 11 is 0. The number of aliphatic carboxylic acids is 1. The number of nitrogens with zero attached hydrogens (tertiary/aromatic N) is 1. The average molecular weight is 449 g/mol. The molecule has 0 rings (SSSR count). The molecule has 0 aromatic rings. The number of allylic oxidation sites excluding steroid dienone is 8. The largest absolute Gasteiger partial charge is 0.481 e. The van der Waals surface area contributed by atoms with Crippen LogP contribution in [0, 0.1) is 0 Å². The molecule has 1 atom stereocenters. The summed E-state index contributed by atoms with van der Waals surface area (Å²) in [5.41, 5.74) is 0. The van der Waals surface area contributed by atoms with Gasteiger partial charge in [-0.3, -0.25) is 9.59 Å². The highest BCUT2D eigenvalue weighted by Gasteiger charge is 2.24. The van der Waals surface area contributed by atoms with Gasteiger partial charge in [0.25, 0.3) is 0 Å². The first-order valence-electron chi connectivity index (χ1n) is 12.1. The molecule has 0 fully saturated rings. The highest BCUT2D eigenvalue weighted by atomic mass is 16.5. The minimum Gasteiger partial charge on any atom is -0.481 e. The summed E-state index contributed by atoms with van der Waals surface area (Å²) in [5, 5.41) is 9.01. The van der Waals surface area contributed by atoms with Crippen LogP contribution in [0.2, 0.25) is 0 Å². The first-order valence-corrected chi connectivity index (χ1v) is 12.1. The number of quaternary nitrogens is 1. The molecule has 0 saturated heterocycles. The van der Waals surface area contributed by atoms with E-state index in [9.17, 15) is 9.59 Å². The number of rotatable bonds is 19. The number of carboxylic acids is 1. The molecule has 1 unspecified atom stereocenters. The third-order valence-corrected chi connectivity index (χ3v) is 4.67. The number of carbonyl (C=O) groups is 2. The summed E-state index contributed by atoms with van der Waals surface area (Å²) in [7, 11) is 5.87. The van der Waals surface area contributed by atoms with Gasteiger partial charge in [-0.1, -0.05) is 68.4 Å². The van der Waals surface area contributed by atoms with E-state index in [1.807, 2.05) is 21.1 Å². The molecular formula is C27H46NO4+. The normalized spacial score (nSPS) is 13.6. The Morgan fingerprint density at radius 3 is 1.88 bits per heavy atom. The Hall–Kier alpha value is -2.14. The molecule has 0 radical (unpaired) electrons. The van der Waals surface area contributed by atoms with Crippen LogP contribution >= 0.6 is 0 Å². The fourth-order valence-corrected chi connectivity index (χ4v) is 3.18. The van der Waals surface area contributed by atoms with Crippen LogP contribution in [0.1, 0.15) is 77.6 Å². The SMILES string of the molecule is CC/C=C/C/C=C/C/C=C/C/C=C/CCCCCCC(=O)OC(CC(=O)O)C[N+](C)(C)C. The average Bonchev–Trinajstić information content (AvgIpc) is 2.68. The van der Waals surface area contributed by atoms with Gasteiger partial charge in [0, 0.05) is 6.42 Å². The minimum absolute atomic E-state index is 0.143. The van der Waals surface area contributed by atoms with E-state index in [0.717, 1.165) is 57.8 Å². The van der Waals surface area contributed by atoms with Gasteiger partial charge in [-0.05, 0) is 44.9 Å². The number of esters is 1. The molecule has 0 bridgehead atoms. The van der Waals surface area contributed by atoms with Gasteiger partial charge < -0.3 is 14.3 Å². The van der Waals surface area contributed by atoms with Crippen molar-refractivity contribution in [1.29, 1.82) is 0 Å². The zero-order chi connectivity index (χ0) is 24.1. The maximum atomic E-state index is 12.0. The van der Waals surface area contributed by atoms with E-state index in [4.69, 9.17) is 9.84 Å². The quantitative estimate of drug-likeness (QED) is 0.110. The second-order valence-corrected chi connectivity index (χ2v) is 9.14. The molecule has 0 spiro atoms. The predicted octanol–water partition coefficient (Wildman–Crippen LogP) is 6.22. The van der Waals surface area contributed by atoms with Gasteiger partial charge in [0.2, 0.25) is 0 Å². The van der Waals surface area contributed by atoms with Gasteiger partial charge in [-0.15, -0.1) is 0 Å². The zero-order valence-corrected chi connectivity index (χ0v) is 20.8. The Morgan fingerprint density at radius 2 is 1.34 bits per heavy atom. The van der Waals surface area contributed by atoms with Crippen molar-refractivity contribution in [3.05, 3.63) is 48.6 Å². The lowest BCUT2D eigenvalue weighted by molar-refractivity contribution is -0.873. The molecule has 0 aliphatic rings. The van der Waals surface area contributed by atoms with Crippen molar-refractivity contribution in [2.45, 2.75) is 83.7 Å². The summed E-state index contributed by atoms with van der Waals surface area (Å²) in [4.78, 5) is 23.0. The second-order valence-electron chi connectivity index (χ2n) is 9.14. The number of carbonyl (C=O) groups excluding carboxylic acids is 1. The molecular weight excluding hydrogens is 402 g/mol. The van der Waals surface area contributed by atoms with Gasteiger partial charge in [-0.2, -0.15) is 0 Å². The number of ether oxygens (including phenoxy) is 1. The third kappa shape index (κ3) is 22.5. The molecule has 0 aliphatic carbocycles. The van der Waals surface area contributed by atoms with Crippen molar-refractivity contribution in [3.8, 4) is 0 Å². The van der Waals surface area contributed by atoms with E-state index < -0.39 is 12.1 Å². The van der Waals surface area contributed by atoms with Crippen LogP contribution in [0.25, 0.3) is 0 Å². The molecule has 1 N–H and O–H groups in total. The maximum absolute atomic E-state index is 12.0.